The van der Waals surface area contributed by atoms with Crippen LogP contribution in [-0.2, 0) is 11.9 Å². The van der Waals surface area contributed by atoms with Gasteiger partial charge in [0.05, 0.1) is 17.3 Å². The molecule has 0 atom stereocenters. The van der Waals surface area contributed by atoms with Crippen molar-refractivity contribution in [3.05, 3.63) is 51.8 Å². The number of nitrogens with zero attached hydrogens (tertiary/aromatic N) is 1. The van der Waals surface area contributed by atoms with Crippen LogP contribution in [0.4, 0.5) is 0 Å². The van der Waals surface area contributed by atoms with Gasteiger partial charge >= 0.3 is 0 Å². The van der Waals surface area contributed by atoms with Crippen LogP contribution in [0.3, 0.4) is 0 Å². The molecule has 0 amide bonds. The lowest BCUT2D eigenvalue weighted by atomic mass is 10.2. The van der Waals surface area contributed by atoms with Crippen molar-refractivity contribution < 1.29 is 9.47 Å². The van der Waals surface area contributed by atoms with E-state index in [-0.39, 0.29) is 0 Å². The monoisotopic (exact) mass is 399 g/mol. The molecule has 0 radical (unpaired) electrons. The fourth-order valence-corrected chi connectivity index (χ4v) is 2.73. The van der Waals surface area contributed by atoms with Crippen molar-refractivity contribution in [2.24, 2.45) is 0 Å². The van der Waals surface area contributed by atoms with E-state index in [1.807, 2.05) is 31.2 Å². The van der Waals surface area contributed by atoms with E-state index in [9.17, 15) is 0 Å². The van der Waals surface area contributed by atoms with E-state index in [2.05, 4.69) is 36.8 Å². The number of ether oxygens (including phenoxy) is 2. The quantitative estimate of drug-likeness (QED) is 0.685. The fraction of sp³-hybridized carbons (Fsp3) is 0.267. The van der Waals surface area contributed by atoms with E-state index in [0.717, 1.165) is 26.6 Å². The standard InChI is InChI=1S/C15H15Br2NO2/c1-10-4-3-5-18-13(10)9-20-15-12(17)6-11(8-16)7-14(15)19-2/h3-7H,8-9H2,1-2H3. The van der Waals surface area contributed by atoms with Crippen LogP contribution in [0.5, 0.6) is 11.5 Å². The summed E-state index contributed by atoms with van der Waals surface area (Å²) in [4.78, 5) is 4.32. The highest BCUT2D eigenvalue weighted by Gasteiger charge is 2.12. The minimum absolute atomic E-state index is 0.412. The van der Waals surface area contributed by atoms with E-state index in [1.165, 1.54) is 0 Å². The minimum Gasteiger partial charge on any atom is -0.493 e. The highest BCUT2D eigenvalue weighted by molar-refractivity contribution is 9.10. The maximum Gasteiger partial charge on any atom is 0.175 e. The van der Waals surface area contributed by atoms with Gasteiger partial charge in [-0.15, -0.1) is 0 Å². The second kappa shape index (κ2) is 7.09. The van der Waals surface area contributed by atoms with Gasteiger partial charge in [0, 0.05) is 11.5 Å². The molecule has 0 aliphatic carbocycles. The van der Waals surface area contributed by atoms with Crippen LogP contribution >= 0.6 is 31.9 Å². The molecule has 0 fully saturated rings. The molecule has 0 N–H and O–H groups in total. The maximum atomic E-state index is 5.88. The number of alkyl halides is 1. The van der Waals surface area contributed by atoms with Crippen molar-refractivity contribution >= 4 is 31.9 Å². The predicted octanol–water partition coefficient (Wildman–Crippen LogP) is 4.64. The van der Waals surface area contributed by atoms with Crippen LogP contribution in [0.25, 0.3) is 0 Å². The normalized spacial score (nSPS) is 10.4. The van der Waals surface area contributed by atoms with Crippen LogP contribution in [0, 0.1) is 6.92 Å². The Labute approximate surface area is 135 Å². The Balaban J connectivity index is 2.23. The molecule has 3 nitrogen and oxygen atoms in total. The number of benzene rings is 1. The Morgan fingerprint density at radius 2 is 2.10 bits per heavy atom. The first-order valence-corrected chi connectivity index (χ1v) is 8.02. The second-order valence-electron chi connectivity index (χ2n) is 4.30. The zero-order valence-corrected chi connectivity index (χ0v) is 14.5. The van der Waals surface area contributed by atoms with Crippen molar-refractivity contribution in [3.63, 3.8) is 0 Å². The van der Waals surface area contributed by atoms with Gasteiger partial charge in [-0.25, -0.2) is 0 Å². The smallest absolute Gasteiger partial charge is 0.175 e. The Morgan fingerprint density at radius 3 is 2.75 bits per heavy atom. The lowest BCUT2D eigenvalue weighted by molar-refractivity contribution is 0.278. The first kappa shape index (κ1) is 15.3. The van der Waals surface area contributed by atoms with Crippen LogP contribution < -0.4 is 9.47 Å². The largest absolute Gasteiger partial charge is 0.493 e. The van der Waals surface area contributed by atoms with Crippen LogP contribution in [0.1, 0.15) is 16.8 Å². The lowest BCUT2D eigenvalue weighted by Gasteiger charge is -2.14. The number of hydrogen-bond acceptors (Lipinski definition) is 3. The highest BCUT2D eigenvalue weighted by Crippen LogP contribution is 2.37. The van der Waals surface area contributed by atoms with Gasteiger partial charge in [0.15, 0.2) is 11.5 Å². The molecule has 0 saturated heterocycles. The van der Waals surface area contributed by atoms with Crippen molar-refractivity contribution in [2.75, 3.05) is 7.11 Å². The van der Waals surface area contributed by atoms with Crippen molar-refractivity contribution in [1.82, 2.24) is 4.98 Å². The van der Waals surface area contributed by atoms with Gasteiger partial charge in [-0.1, -0.05) is 22.0 Å². The third-order valence-corrected chi connectivity index (χ3v) is 4.15. The summed E-state index contributed by atoms with van der Waals surface area (Å²) in [6, 6.07) is 7.91. The molecule has 1 aromatic carbocycles. The summed E-state index contributed by atoms with van der Waals surface area (Å²) in [5, 5.41) is 0.765. The molecule has 0 bridgehead atoms. The minimum atomic E-state index is 0.412. The average molecular weight is 401 g/mol. The Hall–Kier alpha value is -1.07. The van der Waals surface area contributed by atoms with Gasteiger partial charge in [0.25, 0.3) is 0 Å². The SMILES string of the molecule is COc1cc(CBr)cc(Br)c1OCc1ncccc1C. The predicted molar refractivity (Wildman–Crippen MR) is 86.6 cm³/mol. The van der Waals surface area contributed by atoms with Gasteiger partial charge in [0.2, 0.25) is 0 Å². The molecule has 0 spiro atoms. The topological polar surface area (TPSA) is 31.4 Å². The molecule has 106 valence electrons. The first-order valence-electron chi connectivity index (χ1n) is 6.11. The number of hydrogen-bond donors (Lipinski definition) is 0. The fourth-order valence-electron chi connectivity index (χ4n) is 1.80. The number of halogens is 2. The molecule has 2 aromatic rings. The second-order valence-corrected chi connectivity index (χ2v) is 5.71. The zero-order chi connectivity index (χ0) is 14.5. The third kappa shape index (κ3) is 3.52. The summed E-state index contributed by atoms with van der Waals surface area (Å²) in [6.45, 7) is 2.43. The molecule has 1 aromatic heterocycles. The summed E-state index contributed by atoms with van der Waals surface area (Å²) in [5.41, 5.74) is 3.15. The molecule has 2 rings (SSSR count). The van der Waals surface area contributed by atoms with E-state index in [4.69, 9.17) is 9.47 Å². The number of methoxy groups -OCH3 is 1. The Morgan fingerprint density at radius 1 is 1.30 bits per heavy atom. The van der Waals surface area contributed by atoms with Crippen molar-refractivity contribution in [3.8, 4) is 11.5 Å². The van der Waals surface area contributed by atoms with Crippen LogP contribution in [-0.4, -0.2) is 12.1 Å². The summed E-state index contributed by atoms with van der Waals surface area (Å²) in [7, 11) is 1.64. The van der Waals surface area contributed by atoms with E-state index >= 15 is 0 Å². The van der Waals surface area contributed by atoms with Gasteiger partial charge < -0.3 is 9.47 Å². The molecular weight excluding hydrogens is 386 g/mol. The van der Waals surface area contributed by atoms with Crippen molar-refractivity contribution in [1.29, 1.82) is 0 Å². The van der Waals surface area contributed by atoms with Crippen LogP contribution in [0.2, 0.25) is 0 Å². The molecule has 5 heteroatoms. The molecular formula is C15H15Br2NO2. The number of aromatic nitrogens is 1. The summed E-state index contributed by atoms with van der Waals surface area (Å²) >= 11 is 6.96. The summed E-state index contributed by atoms with van der Waals surface area (Å²) in [5.74, 6) is 1.41. The van der Waals surface area contributed by atoms with Gasteiger partial charge in [-0.3, -0.25) is 4.98 Å². The summed E-state index contributed by atoms with van der Waals surface area (Å²) < 4.78 is 12.1. The van der Waals surface area contributed by atoms with Crippen LogP contribution in [0.15, 0.2) is 34.9 Å². The van der Waals surface area contributed by atoms with Gasteiger partial charge in [0.1, 0.15) is 6.61 Å². The Kier molecular flexibility index (Phi) is 5.43. The number of pyridine rings is 1. The van der Waals surface area contributed by atoms with E-state index in [0.29, 0.717) is 18.1 Å². The molecule has 0 saturated carbocycles. The van der Waals surface area contributed by atoms with Gasteiger partial charge in [-0.05, 0) is 52.2 Å². The zero-order valence-electron chi connectivity index (χ0n) is 11.3. The molecule has 1 heterocycles. The molecule has 0 aliphatic rings. The Bertz CT molecular complexity index is 602. The highest BCUT2D eigenvalue weighted by atomic mass is 79.9. The van der Waals surface area contributed by atoms with E-state index < -0.39 is 0 Å². The molecule has 20 heavy (non-hydrogen) atoms. The average Bonchev–Trinajstić information content (AvgIpc) is 2.46. The molecule has 0 aliphatic heterocycles. The lowest BCUT2D eigenvalue weighted by Crippen LogP contribution is -2.02. The number of rotatable bonds is 5. The first-order chi connectivity index (χ1) is 9.65. The molecule has 0 unspecified atom stereocenters. The number of aryl methyl sites for hydroxylation is 1. The third-order valence-electron chi connectivity index (χ3n) is 2.91. The summed E-state index contributed by atoms with van der Waals surface area (Å²) in [6.07, 6.45) is 1.77. The maximum absolute atomic E-state index is 5.88. The van der Waals surface area contributed by atoms with Gasteiger partial charge in [-0.2, -0.15) is 0 Å². The van der Waals surface area contributed by atoms with Crippen molar-refractivity contribution in [2.45, 2.75) is 18.9 Å². The van der Waals surface area contributed by atoms with E-state index in [1.54, 1.807) is 13.3 Å².